The van der Waals surface area contributed by atoms with Crippen LogP contribution in [0.4, 0.5) is 13.2 Å². The molecule has 2 aliphatic rings. The summed E-state index contributed by atoms with van der Waals surface area (Å²) in [6.45, 7) is 0. The van der Waals surface area contributed by atoms with Gasteiger partial charge in [0.05, 0.1) is 12.1 Å². The van der Waals surface area contributed by atoms with Gasteiger partial charge < -0.3 is 0 Å². The predicted octanol–water partition coefficient (Wildman–Crippen LogP) is 3.13. The molecule has 0 fully saturated rings. The van der Waals surface area contributed by atoms with Crippen molar-refractivity contribution < 1.29 is 18.0 Å². The maximum absolute atomic E-state index is 12.6. The number of rotatable bonds is 2. The monoisotopic (exact) mass is 359 g/mol. The van der Waals surface area contributed by atoms with Gasteiger partial charge in [0.2, 0.25) is 5.71 Å². The Bertz CT molecular complexity index is 669. The number of fused-ring (bicyclic) bond motifs is 1. The van der Waals surface area contributed by atoms with Crippen LogP contribution in [0, 0.1) is 0 Å². The fourth-order valence-electron chi connectivity index (χ4n) is 2.31. The van der Waals surface area contributed by atoms with E-state index in [1.54, 1.807) is 24.3 Å². The number of hydrogen-bond donors (Lipinski definition) is 1. The van der Waals surface area contributed by atoms with Crippen molar-refractivity contribution in [2.75, 3.05) is 0 Å². The lowest BCUT2D eigenvalue weighted by atomic mass is 10.1. The number of alkyl halides is 3. The number of hydrogen-bond acceptors (Lipinski definition) is 4. The van der Waals surface area contributed by atoms with Gasteiger partial charge in [-0.15, -0.1) is 0 Å². The molecule has 8 heteroatoms. The molecule has 1 aliphatic heterocycles. The fourth-order valence-corrected chi connectivity index (χ4v) is 2.71. The van der Waals surface area contributed by atoms with Crippen molar-refractivity contribution in [1.29, 1.82) is 0 Å². The second-order valence-corrected chi connectivity index (χ2v) is 5.47. The SMILES string of the molecule is O=C1CC(N[N+]2N=C(C(F)(F)F)C=C2Br)c2ccccc21. The first-order valence-corrected chi connectivity index (χ1v) is 6.87. The summed E-state index contributed by atoms with van der Waals surface area (Å²) in [6.07, 6.45) is -3.44. The van der Waals surface area contributed by atoms with Gasteiger partial charge in [0, 0.05) is 33.0 Å². The molecule has 3 rings (SSSR count). The summed E-state index contributed by atoms with van der Waals surface area (Å²) in [4.78, 5) is 11.9. The van der Waals surface area contributed by atoms with Gasteiger partial charge in [0.1, 0.15) is 5.12 Å². The van der Waals surface area contributed by atoms with Gasteiger partial charge in [-0.25, -0.2) is 0 Å². The van der Waals surface area contributed by atoms with Crippen LogP contribution in [0.3, 0.4) is 0 Å². The van der Waals surface area contributed by atoms with Gasteiger partial charge in [0.25, 0.3) is 4.61 Å². The van der Waals surface area contributed by atoms with Crippen molar-refractivity contribution in [3.8, 4) is 0 Å². The normalized spacial score (nSPS) is 22.3. The van der Waals surface area contributed by atoms with E-state index in [0.717, 1.165) is 16.8 Å². The standard InChI is InChI=1S/C13H9BrF3N3O/c14-12-6-11(13(15,16)17)19-20(12)18-9-5-10(21)8-4-2-1-3-7(8)9/h1-4,6,9,18H,5H2/q+1. The Kier molecular flexibility index (Phi) is 3.46. The van der Waals surface area contributed by atoms with Gasteiger partial charge in [-0.1, -0.05) is 29.7 Å². The Hall–Kier alpha value is -1.51. The van der Waals surface area contributed by atoms with Crippen LogP contribution in [-0.2, 0) is 0 Å². The molecule has 0 amide bonds. The van der Waals surface area contributed by atoms with E-state index >= 15 is 0 Å². The van der Waals surface area contributed by atoms with E-state index in [-0.39, 0.29) is 16.8 Å². The van der Waals surface area contributed by atoms with Crippen molar-refractivity contribution in [3.63, 3.8) is 0 Å². The van der Waals surface area contributed by atoms with E-state index in [9.17, 15) is 18.0 Å². The van der Waals surface area contributed by atoms with Gasteiger partial charge in [-0.2, -0.15) is 13.2 Å². The largest absolute Gasteiger partial charge is 0.439 e. The maximum Gasteiger partial charge on any atom is 0.439 e. The predicted molar refractivity (Wildman–Crippen MR) is 73.9 cm³/mol. The van der Waals surface area contributed by atoms with Crippen LogP contribution in [-0.4, -0.2) is 17.7 Å². The van der Waals surface area contributed by atoms with E-state index in [1.165, 1.54) is 0 Å². The second kappa shape index (κ2) is 5.04. The molecular formula is C13H9BrF3N3O+. The van der Waals surface area contributed by atoms with Crippen LogP contribution < -0.4 is 10.5 Å². The van der Waals surface area contributed by atoms with Crippen LogP contribution in [0.15, 0.2) is 40.0 Å². The van der Waals surface area contributed by atoms with Crippen LogP contribution in [0.25, 0.3) is 0 Å². The Morgan fingerprint density at radius 3 is 2.71 bits per heavy atom. The first-order valence-electron chi connectivity index (χ1n) is 6.07. The Balaban J connectivity index is 1.82. The quantitative estimate of drug-likeness (QED) is 0.651. The number of allylic oxidation sites excluding steroid dienone is 1. The lowest BCUT2D eigenvalue weighted by Crippen LogP contribution is -2.38. The third-order valence-electron chi connectivity index (χ3n) is 3.26. The molecule has 0 aromatic heterocycles. The highest BCUT2D eigenvalue weighted by Crippen LogP contribution is 2.33. The number of halogens is 4. The topological polar surface area (TPSA) is 47.4 Å². The minimum Gasteiger partial charge on any atom is -0.294 e. The van der Waals surface area contributed by atoms with Gasteiger partial charge in [0.15, 0.2) is 5.78 Å². The van der Waals surface area contributed by atoms with E-state index in [0.29, 0.717) is 5.56 Å². The molecule has 0 saturated heterocycles. The van der Waals surface area contributed by atoms with Crippen LogP contribution >= 0.6 is 15.9 Å². The number of nitrogens with one attached hydrogen (secondary N) is 1. The average molecular weight is 360 g/mol. The number of benzene rings is 1. The molecule has 21 heavy (non-hydrogen) atoms. The summed E-state index contributed by atoms with van der Waals surface area (Å²) in [5.74, 6) is -0.0394. The summed E-state index contributed by atoms with van der Waals surface area (Å²) in [7, 11) is 0. The molecular weight excluding hydrogens is 351 g/mol. The summed E-state index contributed by atoms with van der Waals surface area (Å²) in [6, 6.07) is 6.63. The summed E-state index contributed by atoms with van der Waals surface area (Å²) in [5.41, 5.74) is 3.18. The van der Waals surface area contributed by atoms with Crippen LogP contribution in [0.1, 0.15) is 28.4 Å². The third-order valence-corrected chi connectivity index (χ3v) is 3.83. The molecule has 4 nitrogen and oxygen atoms in total. The highest BCUT2D eigenvalue weighted by molar-refractivity contribution is 9.11. The number of nitrogens with zero attached hydrogens (tertiary/aromatic N) is 2. The minimum absolute atomic E-state index is 0.0394. The van der Waals surface area contributed by atoms with Gasteiger partial charge in [-0.05, 0) is 5.56 Å². The summed E-state index contributed by atoms with van der Waals surface area (Å²) < 4.78 is 38.0. The van der Waals surface area contributed by atoms with Crippen molar-refractivity contribution in [3.05, 3.63) is 46.1 Å². The molecule has 1 N–H and O–H groups in total. The third kappa shape index (κ3) is 2.66. The van der Waals surface area contributed by atoms with Crippen LogP contribution in [0.5, 0.6) is 0 Å². The zero-order chi connectivity index (χ0) is 15.2. The average Bonchev–Trinajstić information content (AvgIpc) is 2.93. The molecule has 0 spiro atoms. The zero-order valence-electron chi connectivity index (χ0n) is 10.5. The van der Waals surface area contributed by atoms with Crippen molar-refractivity contribution in [1.82, 2.24) is 10.5 Å². The lowest BCUT2D eigenvalue weighted by Gasteiger charge is -2.09. The first kappa shape index (κ1) is 14.4. The van der Waals surface area contributed by atoms with E-state index in [1.807, 2.05) is 0 Å². The second-order valence-electron chi connectivity index (χ2n) is 4.66. The van der Waals surface area contributed by atoms with Crippen molar-refractivity contribution >= 4 is 27.4 Å². The number of carbonyl (C=O) groups excluding carboxylic acids is 1. The summed E-state index contributed by atoms with van der Waals surface area (Å²) >= 11 is 3.03. The van der Waals surface area contributed by atoms with Crippen LogP contribution in [0.2, 0.25) is 0 Å². The Labute approximate surface area is 126 Å². The lowest BCUT2D eigenvalue weighted by molar-refractivity contribution is -0.0581. The summed E-state index contributed by atoms with van der Waals surface area (Å²) in [5, 5.41) is 4.47. The zero-order valence-corrected chi connectivity index (χ0v) is 12.1. The van der Waals surface area contributed by atoms with E-state index in [4.69, 9.17) is 0 Å². The molecule has 109 valence electrons. The molecule has 1 unspecified atom stereocenters. The van der Waals surface area contributed by atoms with E-state index < -0.39 is 17.9 Å². The molecule has 1 heterocycles. The minimum atomic E-state index is -4.52. The smallest absolute Gasteiger partial charge is 0.294 e. The molecule has 0 saturated carbocycles. The van der Waals surface area contributed by atoms with Gasteiger partial charge in [-0.3, -0.25) is 4.79 Å². The Morgan fingerprint density at radius 1 is 1.33 bits per heavy atom. The number of carbonyl (C=O) groups is 1. The molecule has 0 bridgehead atoms. The molecule has 1 atom stereocenters. The van der Waals surface area contributed by atoms with Crippen molar-refractivity contribution in [2.45, 2.75) is 18.6 Å². The fraction of sp³-hybridized carbons (Fsp3) is 0.231. The maximum atomic E-state index is 12.6. The van der Waals surface area contributed by atoms with Crippen molar-refractivity contribution in [2.24, 2.45) is 5.10 Å². The molecule has 1 aliphatic carbocycles. The Morgan fingerprint density at radius 2 is 2.05 bits per heavy atom. The molecule has 1 aromatic rings. The highest BCUT2D eigenvalue weighted by Gasteiger charge is 2.45. The van der Waals surface area contributed by atoms with E-state index in [2.05, 4.69) is 26.5 Å². The first-order chi connectivity index (χ1) is 9.86. The number of hydrazone groups is 1. The molecule has 1 aromatic carbocycles. The van der Waals surface area contributed by atoms with Gasteiger partial charge >= 0.3 is 6.18 Å². The molecule has 1 radical (unpaired) electrons. The number of Topliss-reactive ketones (excluding diaryl/α,β-unsaturated/α-hetero) is 1. The number of hydrazine groups is 1. The highest BCUT2D eigenvalue weighted by atomic mass is 79.9. The number of ketones is 1.